The Balaban J connectivity index is 1.31. The molecule has 2 heterocycles. The standard InChI is InChI=1S/C28H25N3O6S/c1-35-15-5-14-31-27(33)24(29-19-6-3-2-4-7-19)25(28(31)34)38-21-11-9-20(10-12-21)30-26(32)18-8-13-22-23(16-18)37-17-36-22/h2-4,6-13,16,29H,5,14-15,17H2,1H3,(H,30,32). The summed E-state index contributed by atoms with van der Waals surface area (Å²) in [6.45, 7) is 0.846. The zero-order chi connectivity index (χ0) is 26.5. The molecular weight excluding hydrogens is 506 g/mol. The van der Waals surface area contributed by atoms with Crippen molar-refractivity contribution in [2.45, 2.75) is 11.3 Å². The summed E-state index contributed by atoms with van der Waals surface area (Å²) >= 11 is 1.20. The van der Waals surface area contributed by atoms with Crippen molar-refractivity contribution in [3.8, 4) is 11.5 Å². The second-order valence-electron chi connectivity index (χ2n) is 8.45. The number of thioether (sulfide) groups is 1. The van der Waals surface area contributed by atoms with Gasteiger partial charge in [-0.25, -0.2) is 0 Å². The first kappa shape index (κ1) is 25.4. The fourth-order valence-corrected chi connectivity index (χ4v) is 4.91. The number of hydrogen-bond acceptors (Lipinski definition) is 8. The van der Waals surface area contributed by atoms with Crippen LogP contribution >= 0.6 is 11.8 Å². The Morgan fingerprint density at radius 3 is 2.47 bits per heavy atom. The summed E-state index contributed by atoms with van der Waals surface area (Å²) in [5.74, 6) is 0.129. The van der Waals surface area contributed by atoms with Crippen molar-refractivity contribution in [2.75, 3.05) is 37.7 Å². The third-order valence-electron chi connectivity index (χ3n) is 5.87. The molecule has 0 aromatic heterocycles. The summed E-state index contributed by atoms with van der Waals surface area (Å²) in [5.41, 5.74) is 1.98. The number of hydrogen-bond donors (Lipinski definition) is 2. The first-order valence-corrected chi connectivity index (χ1v) is 12.8. The van der Waals surface area contributed by atoms with Crippen molar-refractivity contribution in [3.05, 3.63) is 89.0 Å². The molecule has 5 rings (SSSR count). The minimum absolute atomic E-state index is 0.136. The number of rotatable bonds is 10. The van der Waals surface area contributed by atoms with Crippen LogP contribution in [-0.2, 0) is 14.3 Å². The largest absolute Gasteiger partial charge is 0.454 e. The highest BCUT2D eigenvalue weighted by atomic mass is 32.2. The molecular formula is C28H25N3O6S. The van der Waals surface area contributed by atoms with E-state index in [1.165, 1.54) is 16.7 Å². The predicted octanol–water partition coefficient (Wildman–Crippen LogP) is 4.49. The molecule has 3 amide bonds. The lowest BCUT2D eigenvalue weighted by Gasteiger charge is -2.14. The molecule has 3 aromatic carbocycles. The zero-order valence-corrected chi connectivity index (χ0v) is 21.4. The van der Waals surface area contributed by atoms with Crippen molar-refractivity contribution in [3.63, 3.8) is 0 Å². The molecule has 0 fully saturated rings. The number of carbonyl (C=O) groups excluding carboxylic acids is 3. The van der Waals surface area contributed by atoms with E-state index in [-0.39, 0.29) is 36.8 Å². The molecule has 0 saturated carbocycles. The van der Waals surface area contributed by atoms with Gasteiger partial charge in [-0.3, -0.25) is 19.3 Å². The number of fused-ring (bicyclic) bond motifs is 1. The third-order valence-corrected chi connectivity index (χ3v) is 6.96. The Bertz CT molecular complexity index is 1390. The average Bonchev–Trinajstić information content (AvgIpc) is 3.49. The van der Waals surface area contributed by atoms with Gasteiger partial charge in [0, 0.05) is 42.1 Å². The van der Waals surface area contributed by atoms with E-state index in [2.05, 4.69) is 10.6 Å². The zero-order valence-electron chi connectivity index (χ0n) is 20.6. The number of ether oxygens (including phenoxy) is 3. The lowest BCUT2D eigenvalue weighted by atomic mass is 10.2. The lowest BCUT2D eigenvalue weighted by molar-refractivity contribution is -0.137. The Morgan fingerprint density at radius 1 is 0.947 bits per heavy atom. The molecule has 10 heteroatoms. The number of benzene rings is 3. The quantitative estimate of drug-likeness (QED) is 0.291. The maximum Gasteiger partial charge on any atom is 0.278 e. The number of imide groups is 1. The molecule has 0 spiro atoms. The summed E-state index contributed by atoms with van der Waals surface area (Å²) in [6.07, 6.45) is 0.544. The second kappa shape index (κ2) is 11.4. The minimum atomic E-state index is -0.370. The van der Waals surface area contributed by atoms with Gasteiger partial charge in [0.15, 0.2) is 11.5 Å². The maximum atomic E-state index is 13.2. The van der Waals surface area contributed by atoms with Gasteiger partial charge in [0.1, 0.15) is 10.6 Å². The number of nitrogens with zero attached hydrogens (tertiary/aromatic N) is 1. The summed E-state index contributed by atoms with van der Waals surface area (Å²) in [4.78, 5) is 41.4. The molecule has 3 aromatic rings. The molecule has 2 N–H and O–H groups in total. The normalized spacial score (nSPS) is 14.3. The van der Waals surface area contributed by atoms with Crippen molar-refractivity contribution >= 4 is 40.9 Å². The average molecular weight is 532 g/mol. The molecule has 38 heavy (non-hydrogen) atoms. The van der Waals surface area contributed by atoms with E-state index in [9.17, 15) is 14.4 Å². The highest BCUT2D eigenvalue weighted by molar-refractivity contribution is 8.04. The van der Waals surface area contributed by atoms with Crippen LogP contribution in [0.15, 0.2) is 88.3 Å². The summed E-state index contributed by atoms with van der Waals surface area (Å²) in [7, 11) is 1.58. The van der Waals surface area contributed by atoms with Gasteiger partial charge < -0.3 is 24.8 Å². The number of amides is 3. The molecule has 0 aliphatic carbocycles. The molecule has 9 nitrogen and oxygen atoms in total. The van der Waals surface area contributed by atoms with Gasteiger partial charge in [-0.15, -0.1) is 0 Å². The lowest BCUT2D eigenvalue weighted by Crippen LogP contribution is -2.33. The Kier molecular flexibility index (Phi) is 7.62. The van der Waals surface area contributed by atoms with E-state index in [4.69, 9.17) is 14.2 Å². The van der Waals surface area contributed by atoms with Gasteiger partial charge in [-0.1, -0.05) is 30.0 Å². The van der Waals surface area contributed by atoms with E-state index >= 15 is 0 Å². The van der Waals surface area contributed by atoms with Gasteiger partial charge in [0.25, 0.3) is 17.7 Å². The van der Waals surface area contributed by atoms with E-state index in [1.54, 1.807) is 49.6 Å². The second-order valence-corrected chi connectivity index (χ2v) is 9.54. The number of anilines is 2. The number of nitrogens with one attached hydrogen (secondary N) is 2. The molecule has 2 aliphatic heterocycles. The molecule has 0 saturated heterocycles. The maximum absolute atomic E-state index is 13.2. The fraction of sp³-hybridized carbons (Fsp3) is 0.179. The Labute approximate surface area is 223 Å². The van der Waals surface area contributed by atoms with E-state index in [1.807, 2.05) is 30.3 Å². The molecule has 2 aliphatic rings. The minimum Gasteiger partial charge on any atom is -0.454 e. The first-order chi connectivity index (χ1) is 18.5. The number of para-hydroxylation sites is 1. The van der Waals surface area contributed by atoms with Crippen LogP contribution < -0.4 is 20.1 Å². The summed E-state index contributed by atoms with van der Waals surface area (Å²) in [6, 6.07) is 21.3. The first-order valence-electron chi connectivity index (χ1n) is 11.9. The van der Waals surface area contributed by atoms with Crippen LogP contribution in [0.1, 0.15) is 16.8 Å². The van der Waals surface area contributed by atoms with Crippen LogP contribution in [0.4, 0.5) is 11.4 Å². The van der Waals surface area contributed by atoms with Crippen LogP contribution in [0.2, 0.25) is 0 Å². The monoisotopic (exact) mass is 531 g/mol. The van der Waals surface area contributed by atoms with E-state index < -0.39 is 0 Å². The summed E-state index contributed by atoms with van der Waals surface area (Å²) < 4.78 is 15.7. The molecule has 0 unspecified atom stereocenters. The van der Waals surface area contributed by atoms with Crippen molar-refractivity contribution < 1.29 is 28.6 Å². The smallest absolute Gasteiger partial charge is 0.278 e. The van der Waals surface area contributed by atoms with Crippen LogP contribution in [-0.4, -0.2) is 49.7 Å². The van der Waals surface area contributed by atoms with Gasteiger partial charge in [-0.2, -0.15) is 0 Å². The van der Waals surface area contributed by atoms with Gasteiger partial charge in [0.05, 0.1) is 0 Å². The van der Waals surface area contributed by atoms with Crippen LogP contribution in [0.3, 0.4) is 0 Å². The van der Waals surface area contributed by atoms with Crippen molar-refractivity contribution in [1.29, 1.82) is 0 Å². The number of carbonyl (C=O) groups is 3. The SMILES string of the molecule is COCCCN1C(=O)C(Nc2ccccc2)=C(Sc2ccc(NC(=O)c3ccc4c(c3)OCO4)cc2)C1=O. The van der Waals surface area contributed by atoms with E-state index in [0.29, 0.717) is 46.4 Å². The van der Waals surface area contributed by atoms with Gasteiger partial charge in [-0.05, 0) is 61.0 Å². The number of methoxy groups -OCH3 is 1. The highest BCUT2D eigenvalue weighted by Gasteiger charge is 2.38. The van der Waals surface area contributed by atoms with E-state index in [0.717, 1.165) is 4.90 Å². The van der Waals surface area contributed by atoms with Crippen LogP contribution in [0.5, 0.6) is 11.5 Å². The molecule has 0 radical (unpaired) electrons. The van der Waals surface area contributed by atoms with Crippen molar-refractivity contribution in [2.24, 2.45) is 0 Å². The van der Waals surface area contributed by atoms with Crippen LogP contribution in [0, 0.1) is 0 Å². The Hall–Kier alpha value is -4.28. The topological polar surface area (TPSA) is 106 Å². The molecule has 194 valence electrons. The Morgan fingerprint density at radius 2 is 1.71 bits per heavy atom. The molecule has 0 atom stereocenters. The predicted molar refractivity (Wildman–Crippen MR) is 143 cm³/mol. The molecule has 0 bridgehead atoms. The van der Waals surface area contributed by atoms with Gasteiger partial charge in [0.2, 0.25) is 6.79 Å². The third kappa shape index (κ3) is 5.51. The highest BCUT2D eigenvalue weighted by Crippen LogP contribution is 2.37. The van der Waals surface area contributed by atoms with Gasteiger partial charge >= 0.3 is 0 Å². The summed E-state index contributed by atoms with van der Waals surface area (Å²) in [5, 5.41) is 5.98. The fourth-order valence-electron chi connectivity index (χ4n) is 3.96. The van der Waals surface area contributed by atoms with Crippen LogP contribution in [0.25, 0.3) is 0 Å². The van der Waals surface area contributed by atoms with Crippen molar-refractivity contribution in [1.82, 2.24) is 4.90 Å².